The highest BCUT2D eigenvalue weighted by Crippen LogP contribution is 2.24. The molecule has 0 aliphatic carbocycles. The van der Waals surface area contributed by atoms with E-state index in [-0.39, 0.29) is 12.3 Å². The summed E-state index contributed by atoms with van der Waals surface area (Å²) in [7, 11) is 0. The van der Waals surface area contributed by atoms with Crippen LogP contribution in [0.3, 0.4) is 0 Å². The number of halogens is 1. The predicted molar refractivity (Wildman–Crippen MR) is 53.2 cm³/mol. The van der Waals surface area contributed by atoms with Gasteiger partial charge in [-0.15, -0.1) is 0 Å². The summed E-state index contributed by atoms with van der Waals surface area (Å²) < 4.78 is 10.8. The summed E-state index contributed by atoms with van der Waals surface area (Å²) in [4.78, 5) is 14.4. The number of carboxylic acids is 1. The first-order valence-electron chi connectivity index (χ1n) is 4.07. The van der Waals surface area contributed by atoms with Crippen molar-refractivity contribution < 1.29 is 18.7 Å². The van der Waals surface area contributed by atoms with Gasteiger partial charge >= 0.3 is 5.97 Å². The number of aliphatic carboxylic acids is 1. The lowest BCUT2D eigenvalue weighted by molar-refractivity contribution is -0.136. The van der Waals surface area contributed by atoms with E-state index >= 15 is 0 Å². The second-order valence-electron chi connectivity index (χ2n) is 2.82. The van der Waals surface area contributed by atoms with Crippen LogP contribution in [0.25, 0.3) is 11.7 Å². The van der Waals surface area contributed by atoms with Crippen LogP contribution in [0.15, 0.2) is 31.9 Å². The molecule has 2 rings (SSSR count). The van der Waals surface area contributed by atoms with E-state index in [0.29, 0.717) is 16.1 Å². The zero-order valence-electron chi connectivity index (χ0n) is 7.44. The van der Waals surface area contributed by atoms with Crippen molar-refractivity contribution in [2.75, 3.05) is 0 Å². The Bertz CT molecular complexity index is 488. The van der Waals surface area contributed by atoms with Crippen LogP contribution >= 0.6 is 15.9 Å². The van der Waals surface area contributed by atoms with E-state index in [1.54, 1.807) is 12.1 Å². The molecule has 0 bridgehead atoms. The lowest BCUT2D eigenvalue weighted by Crippen LogP contribution is -1.99. The van der Waals surface area contributed by atoms with Crippen molar-refractivity contribution in [1.82, 2.24) is 4.98 Å². The molecule has 0 unspecified atom stereocenters. The van der Waals surface area contributed by atoms with Gasteiger partial charge in [0.15, 0.2) is 10.4 Å². The first-order valence-corrected chi connectivity index (χ1v) is 4.86. The van der Waals surface area contributed by atoms with E-state index in [1.165, 1.54) is 6.26 Å². The van der Waals surface area contributed by atoms with E-state index in [2.05, 4.69) is 20.9 Å². The first kappa shape index (κ1) is 9.97. The van der Waals surface area contributed by atoms with Crippen molar-refractivity contribution in [3.63, 3.8) is 0 Å². The van der Waals surface area contributed by atoms with Crippen LogP contribution in [0.4, 0.5) is 0 Å². The Morgan fingerprint density at radius 3 is 2.93 bits per heavy atom. The van der Waals surface area contributed by atoms with Crippen LogP contribution in [0.1, 0.15) is 5.69 Å². The molecule has 2 heterocycles. The molecule has 0 saturated heterocycles. The Hall–Kier alpha value is -1.56. The summed E-state index contributed by atoms with van der Waals surface area (Å²) in [5, 5.41) is 8.54. The number of aromatic nitrogens is 1. The summed E-state index contributed by atoms with van der Waals surface area (Å²) in [6, 6.07) is 3.39. The normalized spacial score (nSPS) is 10.5. The first-order chi connectivity index (χ1) is 7.15. The average molecular weight is 272 g/mol. The lowest BCUT2D eigenvalue weighted by atomic mass is 10.3. The molecule has 0 aliphatic rings. The second kappa shape index (κ2) is 3.90. The van der Waals surface area contributed by atoms with Gasteiger partial charge in [-0.1, -0.05) is 0 Å². The van der Waals surface area contributed by atoms with Gasteiger partial charge in [0, 0.05) is 0 Å². The molecule has 0 aromatic carbocycles. The minimum atomic E-state index is -0.949. The van der Waals surface area contributed by atoms with Crippen LogP contribution in [0.2, 0.25) is 0 Å². The van der Waals surface area contributed by atoms with Gasteiger partial charge in [0.05, 0.1) is 12.1 Å². The fourth-order valence-corrected chi connectivity index (χ4v) is 1.39. The number of furan rings is 1. The minimum Gasteiger partial charge on any atom is -0.481 e. The van der Waals surface area contributed by atoms with Crippen LogP contribution in [0.5, 0.6) is 0 Å². The van der Waals surface area contributed by atoms with Crippen LogP contribution in [0, 0.1) is 0 Å². The number of carboxylic acid groups (broad SMARTS) is 1. The summed E-state index contributed by atoms with van der Waals surface area (Å²) in [5.74, 6) is -0.217. The number of rotatable bonds is 3. The molecule has 2 aromatic rings. The van der Waals surface area contributed by atoms with Crippen LogP contribution in [-0.2, 0) is 11.2 Å². The maximum Gasteiger partial charge on any atom is 0.309 e. The lowest BCUT2D eigenvalue weighted by Gasteiger charge is -1.86. The van der Waals surface area contributed by atoms with E-state index in [1.807, 2.05) is 0 Å². The molecule has 0 spiro atoms. The average Bonchev–Trinajstić information content (AvgIpc) is 2.72. The summed E-state index contributed by atoms with van der Waals surface area (Å²) >= 11 is 3.15. The maximum absolute atomic E-state index is 10.4. The molecule has 0 radical (unpaired) electrons. The minimum absolute atomic E-state index is 0.161. The SMILES string of the molecule is O=C(O)Cc1coc(-c2ccc(Br)o2)n1. The van der Waals surface area contributed by atoms with Gasteiger partial charge in [-0.25, -0.2) is 4.98 Å². The van der Waals surface area contributed by atoms with Crippen molar-refractivity contribution in [2.24, 2.45) is 0 Å². The third-order valence-electron chi connectivity index (χ3n) is 1.67. The van der Waals surface area contributed by atoms with E-state index in [9.17, 15) is 4.79 Å². The van der Waals surface area contributed by atoms with Gasteiger partial charge in [-0.05, 0) is 28.1 Å². The molecule has 0 amide bonds. The van der Waals surface area contributed by atoms with Gasteiger partial charge in [0.1, 0.15) is 6.26 Å². The molecule has 15 heavy (non-hydrogen) atoms. The molecule has 1 N–H and O–H groups in total. The highest BCUT2D eigenvalue weighted by molar-refractivity contribution is 9.10. The van der Waals surface area contributed by atoms with E-state index in [0.717, 1.165) is 0 Å². The Morgan fingerprint density at radius 2 is 2.33 bits per heavy atom. The quantitative estimate of drug-likeness (QED) is 0.927. The Morgan fingerprint density at radius 1 is 1.53 bits per heavy atom. The number of carbonyl (C=O) groups is 1. The van der Waals surface area contributed by atoms with Crippen molar-refractivity contribution in [2.45, 2.75) is 6.42 Å². The third kappa shape index (κ3) is 2.27. The molecular formula is C9H6BrNO4. The summed E-state index contributed by atoms with van der Waals surface area (Å²) in [6.07, 6.45) is 1.14. The van der Waals surface area contributed by atoms with Crippen molar-refractivity contribution in [3.05, 3.63) is 28.8 Å². The Labute approximate surface area is 92.8 Å². The molecular weight excluding hydrogens is 266 g/mol. The summed E-state index contributed by atoms with van der Waals surface area (Å²) in [5.41, 5.74) is 0.366. The predicted octanol–water partition coefficient (Wildman–Crippen LogP) is 2.32. The molecule has 2 aromatic heterocycles. The molecule has 0 atom stereocenters. The molecule has 0 fully saturated rings. The largest absolute Gasteiger partial charge is 0.481 e. The molecule has 5 nitrogen and oxygen atoms in total. The third-order valence-corrected chi connectivity index (χ3v) is 2.09. The topological polar surface area (TPSA) is 76.5 Å². The van der Waals surface area contributed by atoms with Gasteiger partial charge in [-0.2, -0.15) is 0 Å². The molecule has 0 aliphatic heterocycles. The zero-order chi connectivity index (χ0) is 10.8. The fraction of sp³-hybridized carbons (Fsp3) is 0.111. The van der Waals surface area contributed by atoms with Gasteiger partial charge in [0.25, 0.3) is 5.89 Å². The standard InChI is InChI=1S/C9H6BrNO4/c10-7-2-1-6(15-7)9-11-5(4-14-9)3-8(12)13/h1-2,4H,3H2,(H,12,13). The number of hydrogen-bond acceptors (Lipinski definition) is 4. The van der Waals surface area contributed by atoms with Crippen LogP contribution < -0.4 is 0 Å². The molecule has 0 saturated carbocycles. The van der Waals surface area contributed by atoms with E-state index in [4.69, 9.17) is 13.9 Å². The number of nitrogens with zero attached hydrogens (tertiary/aromatic N) is 1. The second-order valence-corrected chi connectivity index (χ2v) is 3.60. The monoisotopic (exact) mass is 271 g/mol. The van der Waals surface area contributed by atoms with E-state index < -0.39 is 5.97 Å². The van der Waals surface area contributed by atoms with Gasteiger partial charge in [0.2, 0.25) is 0 Å². The van der Waals surface area contributed by atoms with Gasteiger partial charge in [-0.3, -0.25) is 4.79 Å². The molecule has 6 heteroatoms. The number of oxazole rings is 1. The van der Waals surface area contributed by atoms with Crippen molar-refractivity contribution in [3.8, 4) is 11.7 Å². The van der Waals surface area contributed by atoms with Crippen LogP contribution in [-0.4, -0.2) is 16.1 Å². The summed E-state index contributed by atoms with van der Waals surface area (Å²) in [6.45, 7) is 0. The smallest absolute Gasteiger partial charge is 0.309 e. The fourth-order valence-electron chi connectivity index (χ4n) is 1.09. The zero-order valence-corrected chi connectivity index (χ0v) is 9.02. The Kier molecular flexibility index (Phi) is 2.59. The maximum atomic E-state index is 10.4. The van der Waals surface area contributed by atoms with Gasteiger partial charge < -0.3 is 13.9 Å². The number of hydrogen-bond donors (Lipinski definition) is 1. The van der Waals surface area contributed by atoms with Crippen molar-refractivity contribution >= 4 is 21.9 Å². The highest BCUT2D eigenvalue weighted by Gasteiger charge is 2.12. The Balaban J connectivity index is 2.23. The molecule has 78 valence electrons. The van der Waals surface area contributed by atoms with Crippen molar-refractivity contribution in [1.29, 1.82) is 0 Å². The highest BCUT2D eigenvalue weighted by atomic mass is 79.9.